The maximum Gasteiger partial charge on any atom is 0.228 e. The largest absolute Gasteiger partial charge is 0.383 e. The van der Waals surface area contributed by atoms with Crippen molar-refractivity contribution in [2.24, 2.45) is 0 Å². The molecule has 0 atom stereocenters. The van der Waals surface area contributed by atoms with Crippen LogP contribution in [0.3, 0.4) is 0 Å². The number of likely N-dealkylation sites (tertiary alicyclic amines) is 1. The number of piperidine rings is 1. The zero-order valence-corrected chi connectivity index (χ0v) is 18.4. The zero-order valence-electron chi connectivity index (χ0n) is 18.4. The first-order chi connectivity index (χ1) is 15.7. The molecule has 0 saturated carbocycles. The summed E-state index contributed by atoms with van der Waals surface area (Å²) in [4.78, 5) is 27.5. The summed E-state index contributed by atoms with van der Waals surface area (Å²) in [5, 5.41) is 0. The second kappa shape index (κ2) is 9.31. The van der Waals surface area contributed by atoms with Gasteiger partial charge in [0.25, 0.3) is 0 Å². The van der Waals surface area contributed by atoms with Crippen LogP contribution in [0.4, 0.5) is 11.9 Å². The number of hydrogen-bond acceptors (Lipinski definition) is 10. The van der Waals surface area contributed by atoms with E-state index in [9.17, 15) is 0 Å². The number of aromatic nitrogens is 6. The van der Waals surface area contributed by atoms with Gasteiger partial charge in [0.1, 0.15) is 11.2 Å². The molecular weight excluding hydrogens is 410 g/mol. The number of anilines is 2. The molecule has 2 aliphatic heterocycles. The third kappa shape index (κ3) is 4.23. The van der Waals surface area contributed by atoms with Crippen LogP contribution in [-0.2, 0) is 9.47 Å². The lowest BCUT2D eigenvalue weighted by atomic mass is 10.0. The lowest BCUT2D eigenvalue weighted by Gasteiger charge is -2.32. The SMILES string of the molecule is COCCN1CCC(n2cnc3c(-c4cnc(N)nc4)nc(N4CCOCC4)nc32)CC1. The van der Waals surface area contributed by atoms with Crippen molar-refractivity contribution in [2.75, 3.05) is 70.3 Å². The van der Waals surface area contributed by atoms with Gasteiger partial charge in [-0.1, -0.05) is 0 Å². The fourth-order valence-electron chi connectivity index (χ4n) is 4.38. The summed E-state index contributed by atoms with van der Waals surface area (Å²) in [6.45, 7) is 6.66. The van der Waals surface area contributed by atoms with Gasteiger partial charge in [-0.3, -0.25) is 0 Å². The van der Waals surface area contributed by atoms with Crippen molar-refractivity contribution in [1.82, 2.24) is 34.4 Å². The number of fused-ring (bicyclic) bond motifs is 1. The van der Waals surface area contributed by atoms with Crippen molar-refractivity contribution >= 4 is 23.1 Å². The number of methoxy groups -OCH3 is 1. The minimum atomic E-state index is 0.234. The van der Waals surface area contributed by atoms with Crippen LogP contribution in [0.1, 0.15) is 18.9 Å². The molecule has 5 rings (SSSR count). The van der Waals surface area contributed by atoms with Gasteiger partial charge in [-0.2, -0.15) is 4.98 Å². The monoisotopic (exact) mass is 439 g/mol. The van der Waals surface area contributed by atoms with E-state index in [-0.39, 0.29) is 5.95 Å². The summed E-state index contributed by atoms with van der Waals surface area (Å²) < 4.78 is 13.0. The summed E-state index contributed by atoms with van der Waals surface area (Å²) in [6.07, 6.45) is 7.39. The zero-order chi connectivity index (χ0) is 21.9. The van der Waals surface area contributed by atoms with Crippen LogP contribution < -0.4 is 10.6 Å². The van der Waals surface area contributed by atoms with Gasteiger partial charge in [-0.15, -0.1) is 0 Å². The Bertz CT molecular complexity index is 1040. The van der Waals surface area contributed by atoms with Gasteiger partial charge in [-0.25, -0.2) is 19.9 Å². The molecule has 170 valence electrons. The molecule has 0 aliphatic carbocycles. The van der Waals surface area contributed by atoms with Gasteiger partial charge in [0, 0.05) is 63.8 Å². The molecule has 2 aliphatic rings. The summed E-state index contributed by atoms with van der Waals surface area (Å²) >= 11 is 0. The molecule has 2 fully saturated rings. The Morgan fingerprint density at radius 1 is 1.06 bits per heavy atom. The lowest BCUT2D eigenvalue weighted by Crippen LogP contribution is -2.37. The predicted molar refractivity (Wildman–Crippen MR) is 120 cm³/mol. The highest BCUT2D eigenvalue weighted by Gasteiger charge is 2.25. The molecule has 2 saturated heterocycles. The van der Waals surface area contributed by atoms with E-state index >= 15 is 0 Å². The molecule has 0 radical (unpaired) electrons. The van der Waals surface area contributed by atoms with Gasteiger partial charge in [0.15, 0.2) is 5.65 Å². The van der Waals surface area contributed by atoms with Crippen molar-refractivity contribution in [3.05, 3.63) is 18.7 Å². The van der Waals surface area contributed by atoms with Crippen LogP contribution in [0.25, 0.3) is 22.4 Å². The number of morpholine rings is 1. The highest BCUT2D eigenvalue weighted by atomic mass is 16.5. The van der Waals surface area contributed by atoms with Gasteiger partial charge in [0.2, 0.25) is 11.9 Å². The number of imidazole rings is 1. The fourth-order valence-corrected chi connectivity index (χ4v) is 4.38. The molecule has 0 spiro atoms. The minimum Gasteiger partial charge on any atom is -0.383 e. The molecular formula is C21H29N9O2. The highest BCUT2D eigenvalue weighted by molar-refractivity contribution is 5.88. The summed E-state index contributed by atoms with van der Waals surface area (Å²) in [5.41, 5.74) is 8.82. The number of nitrogens with two attached hydrogens (primary N) is 1. The molecule has 5 heterocycles. The van der Waals surface area contributed by atoms with Crippen molar-refractivity contribution in [2.45, 2.75) is 18.9 Å². The first-order valence-electron chi connectivity index (χ1n) is 11.1. The molecule has 0 bridgehead atoms. The maximum atomic E-state index is 5.70. The molecule has 11 heteroatoms. The molecule has 0 amide bonds. The molecule has 11 nitrogen and oxygen atoms in total. The van der Waals surface area contributed by atoms with E-state index in [4.69, 9.17) is 30.2 Å². The predicted octanol–water partition coefficient (Wildman–Crippen LogP) is 0.985. The first kappa shape index (κ1) is 21.0. The van der Waals surface area contributed by atoms with Crippen molar-refractivity contribution in [3.8, 4) is 11.3 Å². The van der Waals surface area contributed by atoms with E-state index in [1.165, 1.54) is 0 Å². The van der Waals surface area contributed by atoms with E-state index < -0.39 is 0 Å². The van der Waals surface area contributed by atoms with Crippen molar-refractivity contribution in [3.63, 3.8) is 0 Å². The number of nitrogen functional groups attached to an aromatic ring is 1. The molecule has 3 aromatic rings. The van der Waals surface area contributed by atoms with E-state index in [1.54, 1.807) is 19.5 Å². The molecule has 2 N–H and O–H groups in total. The Kier molecular flexibility index (Phi) is 6.10. The van der Waals surface area contributed by atoms with E-state index in [0.717, 1.165) is 74.6 Å². The minimum absolute atomic E-state index is 0.234. The van der Waals surface area contributed by atoms with Gasteiger partial charge in [-0.05, 0) is 12.8 Å². The quantitative estimate of drug-likeness (QED) is 0.595. The Morgan fingerprint density at radius 2 is 1.81 bits per heavy atom. The second-order valence-corrected chi connectivity index (χ2v) is 8.19. The summed E-state index contributed by atoms with van der Waals surface area (Å²) in [5.74, 6) is 0.921. The Hall–Kier alpha value is -2.89. The van der Waals surface area contributed by atoms with Crippen molar-refractivity contribution < 1.29 is 9.47 Å². The Morgan fingerprint density at radius 3 is 2.53 bits per heavy atom. The second-order valence-electron chi connectivity index (χ2n) is 8.19. The third-order valence-electron chi connectivity index (χ3n) is 6.21. The van der Waals surface area contributed by atoms with Crippen LogP contribution in [0.5, 0.6) is 0 Å². The maximum absolute atomic E-state index is 5.70. The van der Waals surface area contributed by atoms with Gasteiger partial charge >= 0.3 is 0 Å². The average molecular weight is 440 g/mol. The highest BCUT2D eigenvalue weighted by Crippen LogP contribution is 2.31. The van der Waals surface area contributed by atoms with Crippen molar-refractivity contribution in [1.29, 1.82) is 0 Å². The number of ether oxygens (including phenoxy) is 2. The molecule has 32 heavy (non-hydrogen) atoms. The number of nitrogens with zero attached hydrogens (tertiary/aromatic N) is 8. The van der Waals surface area contributed by atoms with Crippen LogP contribution >= 0.6 is 0 Å². The van der Waals surface area contributed by atoms with Crippen LogP contribution in [0.2, 0.25) is 0 Å². The van der Waals surface area contributed by atoms with Gasteiger partial charge in [0.05, 0.1) is 26.1 Å². The lowest BCUT2D eigenvalue weighted by molar-refractivity contribution is 0.121. The molecule has 0 aromatic carbocycles. The van der Waals surface area contributed by atoms with Crippen LogP contribution in [0.15, 0.2) is 18.7 Å². The Labute approximate surface area is 186 Å². The van der Waals surface area contributed by atoms with E-state index in [2.05, 4.69) is 24.3 Å². The average Bonchev–Trinajstić information content (AvgIpc) is 3.28. The normalized spacial score (nSPS) is 18.5. The van der Waals surface area contributed by atoms with Crippen LogP contribution in [0, 0.1) is 0 Å². The number of hydrogen-bond donors (Lipinski definition) is 1. The Balaban J connectivity index is 1.51. The summed E-state index contributed by atoms with van der Waals surface area (Å²) in [6, 6.07) is 0.349. The topological polar surface area (TPSA) is 120 Å². The van der Waals surface area contributed by atoms with E-state index in [1.807, 2.05) is 6.33 Å². The van der Waals surface area contributed by atoms with Crippen LogP contribution in [-0.4, -0.2) is 94.0 Å². The van der Waals surface area contributed by atoms with E-state index in [0.29, 0.717) is 25.2 Å². The molecule has 0 unspecified atom stereocenters. The smallest absolute Gasteiger partial charge is 0.228 e. The van der Waals surface area contributed by atoms with Gasteiger partial charge < -0.3 is 29.6 Å². The fraction of sp³-hybridized carbons (Fsp3) is 0.571. The number of rotatable bonds is 6. The first-order valence-corrected chi connectivity index (χ1v) is 11.1. The molecule has 3 aromatic heterocycles. The third-order valence-corrected chi connectivity index (χ3v) is 6.21. The standard InChI is InChI=1S/C21H29N9O2/c1-31-9-6-28-4-2-16(3-5-28)30-14-25-18-17(15-12-23-20(22)24-13-15)26-21(27-19(18)30)29-7-10-32-11-8-29/h12-14,16H,2-11H2,1H3,(H2,22,23,24). The summed E-state index contributed by atoms with van der Waals surface area (Å²) in [7, 11) is 1.75.